The highest BCUT2D eigenvalue weighted by Gasteiger charge is 2.11. The van der Waals surface area contributed by atoms with Crippen LogP contribution < -0.4 is 5.32 Å². The molecule has 1 N–H and O–H groups in total. The molecule has 2 rings (SSSR count). The second kappa shape index (κ2) is 7.77. The predicted octanol–water partition coefficient (Wildman–Crippen LogP) is 4.99. The Hall–Kier alpha value is -0.900. The van der Waals surface area contributed by atoms with E-state index in [2.05, 4.69) is 36.3 Å². The van der Waals surface area contributed by atoms with Gasteiger partial charge in [0.05, 0.1) is 0 Å². The molecular weight excluding hydrogens is 288 g/mol. The molecule has 1 heterocycles. The maximum atomic E-state index is 5.96. The summed E-state index contributed by atoms with van der Waals surface area (Å²) in [6.07, 6.45) is 5.32. The second-order valence-corrected chi connectivity index (χ2v) is 6.48. The fourth-order valence-corrected chi connectivity index (χ4v) is 3.11. The maximum absolute atomic E-state index is 5.96. The summed E-state index contributed by atoms with van der Waals surface area (Å²) in [6.45, 7) is 5.21. The van der Waals surface area contributed by atoms with Gasteiger partial charge in [-0.25, -0.2) is 4.98 Å². The van der Waals surface area contributed by atoms with E-state index in [1.807, 2.05) is 18.3 Å². The molecule has 1 unspecified atom stereocenters. The van der Waals surface area contributed by atoms with E-state index in [9.17, 15) is 0 Å². The molecule has 20 heavy (non-hydrogen) atoms. The highest BCUT2D eigenvalue weighted by molar-refractivity contribution is 7.11. The fraction of sp³-hybridized carbons (Fsp3) is 0.438. The smallest absolute Gasteiger partial charge is 0.107 e. The van der Waals surface area contributed by atoms with E-state index in [-0.39, 0.29) is 0 Å². The van der Waals surface area contributed by atoms with Crippen molar-refractivity contribution in [1.82, 2.24) is 10.3 Å². The van der Waals surface area contributed by atoms with Crippen LogP contribution in [0.3, 0.4) is 0 Å². The van der Waals surface area contributed by atoms with Crippen molar-refractivity contribution >= 4 is 22.9 Å². The molecule has 108 valence electrons. The van der Waals surface area contributed by atoms with Crippen LogP contribution in [0.1, 0.15) is 48.2 Å². The van der Waals surface area contributed by atoms with Gasteiger partial charge in [-0.1, -0.05) is 44.0 Å². The molecule has 2 aromatic rings. The molecule has 0 fully saturated rings. The summed E-state index contributed by atoms with van der Waals surface area (Å²) in [4.78, 5) is 5.81. The van der Waals surface area contributed by atoms with Crippen LogP contribution in [-0.2, 0) is 13.0 Å². The summed E-state index contributed by atoms with van der Waals surface area (Å²) in [6, 6.07) is 8.50. The van der Waals surface area contributed by atoms with E-state index < -0.39 is 0 Å². The Kier molecular flexibility index (Phi) is 6.02. The first kappa shape index (κ1) is 15.5. The largest absolute Gasteiger partial charge is 0.304 e. The molecule has 4 heteroatoms. The lowest BCUT2D eigenvalue weighted by Gasteiger charge is -2.18. The summed E-state index contributed by atoms with van der Waals surface area (Å²) in [5.41, 5.74) is 1.29. The first-order chi connectivity index (χ1) is 9.72. The van der Waals surface area contributed by atoms with Gasteiger partial charge in [0.2, 0.25) is 0 Å². The molecule has 0 spiro atoms. The number of rotatable bonds is 7. The van der Waals surface area contributed by atoms with Gasteiger partial charge in [0.1, 0.15) is 5.01 Å². The molecule has 2 nitrogen and oxygen atoms in total. The molecule has 0 saturated heterocycles. The highest BCUT2D eigenvalue weighted by atomic mass is 35.5. The van der Waals surface area contributed by atoms with Crippen molar-refractivity contribution in [2.75, 3.05) is 0 Å². The van der Waals surface area contributed by atoms with Crippen molar-refractivity contribution in [3.05, 3.63) is 50.9 Å². The Morgan fingerprint density at radius 2 is 2.00 bits per heavy atom. The molecule has 0 amide bonds. The van der Waals surface area contributed by atoms with Gasteiger partial charge in [-0.2, -0.15) is 0 Å². The summed E-state index contributed by atoms with van der Waals surface area (Å²) in [5, 5.41) is 5.57. The van der Waals surface area contributed by atoms with Crippen LogP contribution >= 0.6 is 22.9 Å². The Balaban J connectivity index is 2.00. The molecule has 1 atom stereocenters. The maximum Gasteiger partial charge on any atom is 0.107 e. The third-order valence-corrected chi connectivity index (χ3v) is 4.69. The molecule has 0 bridgehead atoms. The fourth-order valence-electron chi connectivity index (χ4n) is 2.17. The second-order valence-electron chi connectivity index (χ2n) is 4.85. The number of benzene rings is 1. The van der Waals surface area contributed by atoms with Crippen LogP contribution in [0, 0.1) is 0 Å². The number of aromatic nitrogens is 1. The van der Waals surface area contributed by atoms with Gasteiger partial charge in [0, 0.05) is 28.7 Å². The molecule has 1 aromatic heterocycles. The van der Waals surface area contributed by atoms with Crippen molar-refractivity contribution in [3.8, 4) is 0 Å². The molecule has 0 radical (unpaired) electrons. The zero-order chi connectivity index (χ0) is 14.4. The van der Waals surface area contributed by atoms with Gasteiger partial charge >= 0.3 is 0 Å². The van der Waals surface area contributed by atoms with Gasteiger partial charge in [-0.05, 0) is 30.5 Å². The molecule has 0 aliphatic heterocycles. The molecule has 0 aliphatic rings. The van der Waals surface area contributed by atoms with E-state index in [0.29, 0.717) is 6.04 Å². The van der Waals surface area contributed by atoms with E-state index >= 15 is 0 Å². The average Bonchev–Trinajstić information content (AvgIpc) is 2.92. The quantitative estimate of drug-likeness (QED) is 0.779. The van der Waals surface area contributed by atoms with Gasteiger partial charge in [-0.3, -0.25) is 0 Å². The van der Waals surface area contributed by atoms with E-state index in [4.69, 9.17) is 11.6 Å². The van der Waals surface area contributed by atoms with E-state index in [0.717, 1.165) is 35.8 Å². The number of nitrogens with zero attached hydrogens (tertiary/aromatic N) is 1. The van der Waals surface area contributed by atoms with Gasteiger partial charge in [-0.15, -0.1) is 11.3 Å². The number of hydrogen-bond acceptors (Lipinski definition) is 3. The first-order valence-electron chi connectivity index (χ1n) is 7.15. The van der Waals surface area contributed by atoms with Crippen molar-refractivity contribution in [3.63, 3.8) is 0 Å². The summed E-state index contributed by atoms with van der Waals surface area (Å²) >= 11 is 7.75. The van der Waals surface area contributed by atoms with Crippen LogP contribution in [0.2, 0.25) is 5.02 Å². The predicted molar refractivity (Wildman–Crippen MR) is 87.4 cm³/mol. The number of aryl methyl sites for hydroxylation is 1. The monoisotopic (exact) mass is 308 g/mol. The minimum atomic E-state index is 0.367. The molecule has 0 saturated carbocycles. The van der Waals surface area contributed by atoms with E-state index in [1.165, 1.54) is 10.4 Å². The van der Waals surface area contributed by atoms with Crippen molar-refractivity contribution < 1.29 is 0 Å². The minimum absolute atomic E-state index is 0.367. The Morgan fingerprint density at radius 1 is 1.25 bits per heavy atom. The number of nitrogens with one attached hydrogen (secondary N) is 1. The molecular formula is C16H21ClN2S. The van der Waals surface area contributed by atoms with Crippen LogP contribution in [-0.4, -0.2) is 4.98 Å². The zero-order valence-corrected chi connectivity index (χ0v) is 13.6. The highest BCUT2D eigenvalue weighted by Crippen LogP contribution is 2.22. The van der Waals surface area contributed by atoms with Crippen LogP contribution in [0.15, 0.2) is 30.5 Å². The lowest BCUT2D eigenvalue weighted by Crippen LogP contribution is -2.20. The van der Waals surface area contributed by atoms with Gasteiger partial charge < -0.3 is 5.32 Å². The number of halogens is 1. The van der Waals surface area contributed by atoms with Crippen LogP contribution in [0.25, 0.3) is 0 Å². The number of hydrogen-bond donors (Lipinski definition) is 1. The lowest BCUT2D eigenvalue weighted by atomic mass is 10.0. The van der Waals surface area contributed by atoms with Crippen molar-refractivity contribution in [2.45, 2.75) is 45.7 Å². The molecule has 0 aliphatic carbocycles. The Morgan fingerprint density at radius 3 is 2.60 bits per heavy atom. The van der Waals surface area contributed by atoms with E-state index in [1.54, 1.807) is 11.3 Å². The zero-order valence-electron chi connectivity index (χ0n) is 12.0. The summed E-state index contributed by atoms with van der Waals surface area (Å²) in [5.74, 6) is 0. The third kappa shape index (κ3) is 4.30. The molecule has 1 aromatic carbocycles. The normalized spacial score (nSPS) is 12.6. The Bertz CT molecular complexity index is 522. The standard InChI is InChI=1S/C16H21ClN2S/c1-3-5-15(12-6-8-13(17)9-7-12)18-11-16-19-10-14(4-2)20-16/h6-10,15,18H,3-5,11H2,1-2H3. The average molecular weight is 309 g/mol. The number of thiazole rings is 1. The van der Waals surface area contributed by atoms with Crippen LogP contribution in [0.4, 0.5) is 0 Å². The first-order valence-corrected chi connectivity index (χ1v) is 8.34. The topological polar surface area (TPSA) is 24.9 Å². The van der Waals surface area contributed by atoms with Crippen LogP contribution in [0.5, 0.6) is 0 Å². The Labute approximate surface area is 130 Å². The minimum Gasteiger partial charge on any atom is -0.304 e. The third-order valence-electron chi connectivity index (χ3n) is 3.30. The van der Waals surface area contributed by atoms with Crippen molar-refractivity contribution in [1.29, 1.82) is 0 Å². The lowest BCUT2D eigenvalue weighted by molar-refractivity contribution is 0.493. The van der Waals surface area contributed by atoms with Crippen molar-refractivity contribution in [2.24, 2.45) is 0 Å². The van der Waals surface area contributed by atoms with Gasteiger partial charge in [0.15, 0.2) is 0 Å². The summed E-state index contributed by atoms with van der Waals surface area (Å²) in [7, 11) is 0. The summed E-state index contributed by atoms with van der Waals surface area (Å²) < 4.78 is 0. The SMILES string of the molecule is CCCC(NCc1ncc(CC)s1)c1ccc(Cl)cc1. The van der Waals surface area contributed by atoms with Gasteiger partial charge in [0.25, 0.3) is 0 Å².